The van der Waals surface area contributed by atoms with Gasteiger partial charge < -0.3 is 16.0 Å². The maximum atomic E-state index is 3.49. The third-order valence-electron chi connectivity index (χ3n) is 2.10. The lowest BCUT2D eigenvalue weighted by Crippen LogP contribution is -2.38. The molecule has 11 heavy (non-hydrogen) atoms. The van der Waals surface area contributed by atoms with E-state index in [1.54, 1.807) is 0 Å². The zero-order valence-electron chi connectivity index (χ0n) is 7.32. The standard InChI is InChI=1S/C8H19N3/c1-2-8-7-10-4-3-9-5-6-11-8/h8-11H,2-7H2,1H3. The normalized spacial score (nSPS) is 28.6. The highest BCUT2D eigenvalue weighted by atomic mass is 15.0. The molecule has 1 fully saturated rings. The van der Waals surface area contributed by atoms with Gasteiger partial charge in [-0.15, -0.1) is 0 Å². The van der Waals surface area contributed by atoms with Crippen molar-refractivity contribution in [2.75, 3.05) is 32.7 Å². The summed E-state index contributed by atoms with van der Waals surface area (Å²) in [4.78, 5) is 0. The van der Waals surface area contributed by atoms with Gasteiger partial charge in [-0.25, -0.2) is 0 Å². The van der Waals surface area contributed by atoms with Crippen molar-refractivity contribution < 1.29 is 0 Å². The molecule has 0 aliphatic carbocycles. The average molecular weight is 157 g/mol. The van der Waals surface area contributed by atoms with Gasteiger partial charge in [-0.05, 0) is 6.42 Å². The third-order valence-corrected chi connectivity index (χ3v) is 2.10. The van der Waals surface area contributed by atoms with Crippen molar-refractivity contribution in [3.8, 4) is 0 Å². The van der Waals surface area contributed by atoms with Crippen LogP contribution in [0.3, 0.4) is 0 Å². The van der Waals surface area contributed by atoms with E-state index in [1.165, 1.54) is 6.42 Å². The van der Waals surface area contributed by atoms with Crippen LogP contribution in [0.15, 0.2) is 0 Å². The van der Waals surface area contributed by atoms with E-state index in [9.17, 15) is 0 Å². The van der Waals surface area contributed by atoms with Gasteiger partial charge in [-0.1, -0.05) is 6.92 Å². The Balaban J connectivity index is 2.19. The highest BCUT2D eigenvalue weighted by Gasteiger charge is 2.04. The van der Waals surface area contributed by atoms with Crippen LogP contribution in [0, 0.1) is 0 Å². The minimum absolute atomic E-state index is 0.662. The van der Waals surface area contributed by atoms with Crippen LogP contribution in [0.1, 0.15) is 13.3 Å². The minimum Gasteiger partial charge on any atom is -0.314 e. The molecule has 3 N–H and O–H groups in total. The first-order valence-electron chi connectivity index (χ1n) is 4.58. The van der Waals surface area contributed by atoms with E-state index in [0.717, 1.165) is 32.7 Å². The van der Waals surface area contributed by atoms with Gasteiger partial charge in [0, 0.05) is 38.8 Å². The maximum Gasteiger partial charge on any atom is 0.0190 e. The summed E-state index contributed by atoms with van der Waals surface area (Å²) in [6, 6.07) is 0.662. The molecular weight excluding hydrogens is 138 g/mol. The number of rotatable bonds is 1. The maximum absolute atomic E-state index is 3.49. The topological polar surface area (TPSA) is 36.1 Å². The Labute approximate surface area is 68.9 Å². The summed E-state index contributed by atoms with van der Waals surface area (Å²) in [5, 5.41) is 10.2. The summed E-state index contributed by atoms with van der Waals surface area (Å²) in [5.41, 5.74) is 0. The van der Waals surface area contributed by atoms with Crippen molar-refractivity contribution in [1.82, 2.24) is 16.0 Å². The SMILES string of the molecule is CCC1CNCCNCCN1. The van der Waals surface area contributed by atoms with Gasteiger partial charge in [0.05, 0.1) is 0 Å². The van der Waals surface area contributed by atoms with Crippen molar-refractivity contribution in [2.24, 2.45) is 0 Å². The van der Waals surface area contributed by atoms with Gasteiger partial charge in [-0.3, -0.25) is 0 Å². The highest BCUT2D eigenvalue weighted by molar-refractivity contribution is 4.70. The van der Waals surface area contributed by atoms with Crippen LogP contribution in [0.25, 0.3) is 0 Å². The van der Waals surface area contributed by atoms with Gasteiger partial charge in [0.25, 0.3) is 0 Å². The molecule has 0 saturated carbocycles. The van der Waals surface area contributed by atoms with Gasteiger partial charge in [0.1, 0.15) is 0 Å². The summed E-state index contributed by atoms with van der Waals surface area (Å²) < 4.78 is 0. The molecule has 1 unspecified atom stereocenters. The van der Waals surface area contributed by atoms with E-state index in [2.05, 4.69) is 22.9 Å². The Bertz CT molecular complexity index is 85.3. The summed E-state index contributed by atoms with van der Waals surface area (Å²) in [7, 11) is 0. The van der Waals surface area contributed by atoms with Gasteiger partial charge >= 0.3 is 0 Å². The van der Waals surface area contributed by atoms with Gasteiger partial charge in [-0.2, -0.15) is 0 Å². The lowest BCUT2D eigenvalue weighted by Gasteiger charge is -2.15. The molecule has 0 amide bonds. The second-order valence-corrected chi connectivity index (χ2v) is 3.01. The molecule has 1 aliphatic heterocycles. The van der Waals surface area contributed by atoms with Crippen molar-refractivity contribution in [3.63, 3.8) is 0 Å². The van der Waals surface area contributed by atoms with E-state index in [-0.39, 0.29) is 0 Å². The molecule has 1 rings (SSSR count). The Morgan fingerprint density at radius 3 is 2.64 bits per heavy atom. The summed E-state index contributed by atoms with van der Waals surface area (Å²) in [6.07, 6.45) is 1.22. The van der Waals surface area contributed by atoms with Crippen LogP contribution < -0.4 is 16.0 Å². The van der Waals surface area contributed by atoms with E-state index >= 15 is 0 Å². The van der Waals surface area contributed by atoms with Crippen LogP contribution in [0.4, 0.5) is 0 Å². The molecular formula is C8H19N3. The van der Waals surface area contributed by atoms with Crippen molar-refractivity contribution >= 4 is 0 Å². The van der Waals surface area contributed by atoms with Crippen LogP contribution in [0.2, 0.25) is 0 Å². The second kappa shape index (κ2) is 5.52. The first kappa shape index (κ1) is 8.97. The van der Waals surface area contributed by atoms with Crippen LogP contribution in [-0.2, 0) is 0 Å². The van der Waals surface area contributed by atoms with Gasteiger partial charge in [0.15, 0.2) is 0 Å². The smallest absolute Gasteiger partial charge is 0.0190 e. The fraction of sp³-hybridized carbons (Fsp3) is 1.00. The Morgan fingerprint density at radius 1 is 1.09 bits per heavy atom. The first-order valence-corrected chi connectivity index (χ1v) is 4.58. The highest BCUT2D eigenvalue weighted by Crippen LogP contribution is 1.88. The van der Waals surface area contributed by atoms with Crippen molar-refractivity contribution in [2.45, 2.75) is 19.4 Å². The zero-order chi connectivity index (χ0) is 7.94. The lowest BCUT2D eigenvalue weighted by atomic mass is 10.2. The summed E-state index contributed by atoms with van der Waals surface area (Å²) in [6.45, 7) is 7.72. The molecule has 3 heteroatoms. The molecule has 1 aliphatic rings. The molecule has 0 radical (unpaired) electrons. The predicted molar refractivity (Wildman–Crippen MR) is 47.8 cm³/mol. The zero-order valence-corrected chi connectivity index (χ0v) is 7.32. The molecule has 3 nitrogen and oxygen atoms in total. The Hall–Kier alpha value is -0.120. The molecule has 0 aromatic carbocycles. The molecule has 0 bridgehead atoms. The second-order valence-electron chi connectivity index (χ2n) is 3.01. The lowest BCUT2D eigenvalue weighted by molar-refractivity contribution is 0.482. The van der Waals surface area contributed by atoms with Crippen LogP contribution in [-0.4, -0.2) is 38.8 Å². The Morgan fingerprint density at radius 2 is 1.82 bits per heavy atom. The molecule has 0 aromatic heterocycles. The fourth-order valence-electron chi connectivity index (χ4n) is 1.30. The molecule has 1 heterocycles. The van der Waals surface area contributed by atoms with E-state index < -0.39 is 0 Å². The number of hydrogen-bond acceptors (Lipinski definition) is 3. The molecule has 1 saturated heterocycles. The molecule has 0 spiro atoms. The van der Waals surface area contributed by atoms with Crippen LogP contribution >= 0.6 is 0 Å². The molecule has 66 valence electrons. The minimum atomic E-state index is 0.662. The Kier molecular flexibility index (Phi) is 4.50. The summed E-state index contributed by atoms with van der Waals surface area (Å²) in [5.74, 6) is 0. The van der Waals surface area contributed by atoms with E-state index in [1.807, 2.05) is 0 Å². The van der Waals surface area contributed by atoms with Crippen molar-refractivity contribution in [1.29, 1.82) is 0 Å². The number of hydrogen-bond donors (Lipinski definition) is 3. The first-order chi connectivity index (χ1) is 5.43. The summed E-state index contributed by atoms with van der Waals surface area (Å²) >= 11 is 0. The van der Waals surface area contributed by atoms with Crippen molar-refractivity contribution in [3.05, 3.63) is 0 Å². The molecule has 1 atom stereocenters. The quantitative estimate of drug-likeness (QED) is 0.482. The van der Waals surface area contributed by atoms with E-state index in [4.69, 9.17) is 0 Å². The van der Waals surface area contributed by atoms with E-state index in [0.29, 0.717) is 6.04 Å². The molecule has 0 aromatic rings. The third kappa shape index (κ3) is 3.70. The fourth-order valence-corrected chi connectivity index (χ4v) is 1.30. The predicted octanol–water partition coefficient (Wildman–Crippen LogP) is -0.453. The monoisotopic (exact) mass is 157 g/mol. The van der Waals surface area contributed by atoms with Crippen LogP contribution in [0.5, 0.6) is 0 Å². The average Bonchev–Trinajstić information content (AvgIpc) is 2.16. The largest absolute Gasteiger partial charge is 0.314 e. The number of nitrogens with one attached hydrogen (secondary N) is 3. The van der Waals surface area contributed by atoms with Gasteiger partial charge in [0.2, 0.25) is 0 Å².